The summed E-state index contributed by atoms with van der Waals surface area (Å²) in [6.45, 7) is 7.67. The number of pyridine rings is 1. The highest BCUT2D eigenvalue weighted by atomic mass is 79.9. The maximum Gasteiger partial charge on any atom is 0.133 e. The van der Waals surface area contributed by atoms with Gasteiger partial charge < -0.3 is 10.2 Å². The van der Waals surface area contributed by atoms with E-state index >= 15 is 0 Å². The molecule has 1 aromatic rings. The standard InChI is InChI=1S/C15H24BrN3/c1-10(2)11(3)19(4)15-12(7-13(16)9-18-15)8-17-14-5-6-14/h7,9-11,14,17H,5-6,8H2,1-4H3. The van der Waals surface area contributed by atoms with Crippen molar-refractivity contribution in [3.63, 3.8) is 0 Å². The van der Waals surface area contributed by atoms with Gasteiger partial charge in [0.05, 0.1) is 0 Å². The summed E-state index contributed by atoms with van der Waals surface area (Å²) in [6, 6.07) is 3.38. The Morgan fingerprint density at radius 3 is 2.68 bits per heavy atom. The second-order valence-electron chi connectivity index (χ2n) is 5.89. The molecule has 1 heterocycles. The van der Waals surface area contributed by atoms with Crippen molar-refractivity contribution in [2.45, 2.75) is 52.2 Å². The van der Waals surface area contributed by atoms with E-state index in [-0.39, 0.29) is 0 Å². The molecule has 0 bridgehead atoms. The minimum absolute atomic E-state index is 0.480. The highest BCUT2D eigenvalue weighted by Gasteiger charge is 2.22. The molecule has 1 aromatic heterocycles. The minimum atomic E-state index is 0.480. The molecule has 106 valence electrons. The minimum Gasteiger partial charge on any atom is -0.356 e. The van der Waals surface area contributed by atoms with Crippen molar-refractivity contribution in [1.82, 2.24) is 10.3 Å². The number of anilines is 1. The maximum atomic E-state index is 4.62. The first kappa shape index (κ1) is 14.8. The molecule has 1 atom stereocenters. The van der Waals surface area contributed by atoms with Crippen molar-refractivity contribution in [1.29, 1.82) is 0 Å². The van der Waals surface area contributed by atoms with E-state index in [0.29, 0.717) is 12.0 Å². The number of aromatic nitrogens is 1. The van der Waals surface area contributed by atoms with Crippen LogP contribution in [0.4, 0.5) is 5.82 Å². The maximum absolute atomic E-state index is 4.62. The highest BCUT2D eigenvalue weighted by molar-refractivity contribution is 9.10. The van der Waals surface area contributed by atoms with E-state index in [1.165, 1.54) is 18.4 Å². The lowest BCUT2D eigenvalue weighted by molar-refractivity contribution is 0.501. The van der Waals surface area contributed by atoms with Crippen LogP contribution in [0.15, 0.2) is 16.7 Å². The lowest BCUT2D eigenvalue weighted by Gasteiger charge is -2.30. The zero-order valence-electron chi connectivity index (χ0n) is 12.3. The van der Waals surface area contributed by atoms with Crippen molar-refractivity contribution in [2.75, 3.05) is 11.9 Å². The number of hydrogen-bond donors (Lipinski definition) is 1. The van der Waals surface area contributed by atoms with E-state index in [1.54, 1.807) is 0 Å². The van der Waals surface area contributed by atoms with Gasteiger partial charge in [-0.25, -0.2) is 4.98 Å². The summed E-state index contributed by atoms with van der Waals surface area (Å²) in [6.07, 6.45) is 4.52. The number of rotatable bonds is 6. The molecule has 1 unspecified atom stereocenters. The quantitative estimate of drug-likeness (QED) is 0.866. The van der Waals surface area contributed by atoms with Crippen LogP contribution in [-0.4, -0.2) is 24.1 Å². The third kappa shape index (κ3) is 3.93. The summed E-state index contributed by atoms with van der Waals surface area (Å²) in [5.74, 6) is 1.71. The van der Waals surface area contributed by atoms with Crippen molar-refractivity contribution >= 4 is 21.7 Å². The molecule has 4 heteroatoms. The van der Waals surface area contributed by atoms with Gasteiger partial charge in [0, 0.05) is 41.9 Å². The molecule has 0 spiro atoms. The predicted octanol–water partition coefficient (Wildman–Crippen LogP) is 3.58. The molecule has 0 amide bonds. The summed E-state index contributed by atoms with van der Waals surface area (Å²) < 4.78 is 1.05. The largest absolute Gasteiger partial charge is 0.356 e. The second-order valence-corrected chi connectivity index (χ2v) is 6.80. The van der Waals surface area contributed by atoms with Gasteiger partial charge in [-0.05, 0) is 47.7 Å². The Labute approximate surface area is 124 Å². The summed E-state index contributed by atoms with van der Waals surface area (Å²) >= 11 is 3.53. The fourth-order valence-electron chi connectivity index (χ4n) is 2.10. The second kappa shape index (κ2) is 6.23. The van der Waals surface area contributed by atoms with Crippen LogP contribution in [-0.2, 0) is 6.54 Å². The first-order chi connectivity index (χ1) is 8.99. The van der Waals surface area contributed by atoms with Crippen LogP contribution >= 0.6 is 15.9 Å². The van der Waals surface area contributed by atoms with E-state index in [9.17, 15) is 0 Å². The molecule has 0 aromatic carbocycles. The molecule has 1 fully saturated rings. The Morgan fingerprint density at radius 2 is 2.11 bits per heavy atom. The van der Waals surface area contributed by atoms with Gasteiger partial charge >= 0.3 is 0 Å². The van der Waals surface area contributed by atoms with Crippen molar-refractivity contribution in [2.24, 2.45) is 5.92 Å². The summed E-state index contributed by atoms with van der Waals surface area (Å²) in [5.41, 5.74) is 1.27. The third-order valence-electron chi connectivity index (χ3n) is 3.98. The Bertz CT molecular complexity index is 429. The van der Waals surface area contributed by atoms with Gasteiger partial charge in [0.25, 0.3) is 0 Å². The smallest absolute Gasteiger partial charge is 0.133 e. The Morgan fingerprint density at radius 1 is 1.42 bits per heavy atom. The summed E-state index contributed by atoms with van der Waals surface area (Å²) in [7, 11) is 2.14. The van der Waals surface area contributed by atoms with Gasteiger partial charge in [-0.15, -0.1) is 0 Å². The molecular weight excluding hydrogens is 302 g/mol. The van der Waals surface area contributed by atoms with Crippen molar-refractivity contribution in [3.05, 3.63) is 22.3 Å². The lowest BCUT2D eigenvalue weighted by atomic mass is 10.0. The van der Waals surface area contributed by atoms with Gasteiger partial charge in [-0.2, -0.15) is 0 Å². The topological polar surface area (TPSA) is 28.2 Å². The number of halogens is 1. The SMILES string of the molecule is CC(C)C(C)N(C)c1ncc(Br)cc1CNC1CC1. The molecule has 1 N–H and O–H groups in total. The van der Waals surface area contributed by atoms with Crippen LogP contribution in [0, 0.1) is 5.92 Å². The van der Waals surface area contributed by atoms with Crippen LogP contribution in [0.1, 0.15) is 39.2 Å². The normalized spacial score (nSPS) is 16.7. The van der Waals surface area contributed by atoms with E-state index in [0.717, 1.165) is 22.9 Å². The van der Waals surface area contributed by atoms with Crippen LogP contribution in [0.3, 0.4) is 0 Å². The monoisotopic (exact) mass is 325 g/mol. The predicted molar refractivity (Wildman–Crippen MR) is 84.5 cm³/mol. The number of nitrogens with one attached hydrogen (secondary N) is 1. The molecule has 3 nitrogen and oxygen atoms in total. The van der Waals surface area contributed by atoms with Crippen molar-refractivity contribution in [3.8, 4) is 0 Å². The molecule has 1 aliphatic rings. The van der Waals surface area contributed by atoms with Crippen molar-refractivity contribution < 1.29 is 0 Å². The zero-order valence-corrected chi connectivity index (χ0v) is 13.9. The van der Waals surface area contributed by atoms with Crippen LogP contribution < -0.4 is 10.2 Å². The van der Waals surface area contributed by atoms with E-state index in [4.69, 9.17) is 0 Å². The lowest BCUT2D eigenvalue weighted by Crippen LogP contribution is -2.35. The Balaban J connectivity index is 2.16. The average Bonchev–Trinajstić information content (AvgIpc) is 3.18. The molecule has 0 radical (unpaired) electrons. The average molecular weight is 326 g/mol. The van der Waals surface area contributed by atoms with Gasteiger partial charge in [-0.1, -0.05) is 13.8 Å². The van der Waals surface area contributed by atoms with E-state index in [1.807, 2.05) is 6.20 Å². The molecular formula is C15H24BrN3. The van der Waals surface area contributed by atoms with Crippen LogP contribution in [0.25, 0.3) is 0 Å². The Kier molecular flexibility index (Phi) is 4.85. The zero-order chi connectivity index (χ0) is 14.0. The van der Waals surface area contributed by atoms with E-state index in [2.05, 4.69) is 65.0 Å². The Hall–Kier alpha value is -0.610. The van der Waals surface area contributed by atoms with E-state index < -0.39 is 0 Å². The molecule has 19 heavy (non-hydrogen) atoms. The number of nitrogens with zero attached hydrogens (tertiary/aromatic N) is 2. The van der Waals surface area contributed by atoms with Crippen LogP contribution in [0.5, 0.6) is 0 Å². The fraction of sp³-hybridized carbons (Fsp3) is 0.667. The van der Waals surface area contributed by atoms with Gasteiger partial charge in [0.2, 0.25) is 0 Å². The van der Waals surface area contributed by atoms with Gasteiger partial charge in [-0.3, -0.25) is 0 Å². The van der Waals surface area contributed by atoms with Gasteiger partial charge in [0.1, 0.15) is 5.82 Å². The molecule has 1 aliphatic carbocycles. The first-order valence-electron chi connectivity index (χ1n) is 7.09. The molecule has 2 rings (SSSR count). The summed E-state index contributed by atoms with van der Waals surface area (Å²) in [4.78, 5) is 6.91. The fourth-order valence-corrected chi connectivity index (χ4v) is 2.48. The molecule has 1 saturated carbocycles. The highest BCUT2D eigenvalue weighted by Crippen LogP contribution is 2.26. The van der Waals surface area contributed by atoms with Gasteiger partial charge in [0.15, 0.2) is 0 Å². The third-order valence-corrected chi connectivity index (χ3v) is 4.41. The number of hydrogen-bond acceptors (Lipinski definition) is 3. The van der Waals surface area contributed by atoms with Crippen LogP contribution in [0.2, 0.25) is 0 Å². The summed E-state index contributed by atoms with van der Waals surface area (Å²) in [5, 5.41) is 3.58. The molecule has 0 saturated heterocycles. The first-order valence-corrected chi connectivity index (χ1v) is 7.89. The molecule has 0 aliphatic heterocycles.